The molecule has 0 unspecified atom stereocenters. The maximum Gasteiger partial charge on any atom is 0.0598 e. The number of hydrogen-bond donors (Lipinski definition) is 0. The number of tetrazole rings is 1. The summed E-state index contributed by atoms with van der Waals surface area (Å²) >= 11 is 11.5. The molecule has 2 rings (SSSR count). The van der Waals surface area contributed by atoms with E-state index < -0.39 is 0 Å². The minimum Gasteiger partial charge on any atom is -0.330 e. The van der Waals surface area contributed by atoms with Crippen molar-refractivity contribution in [3.8, 4) is 11.4 Å². The van der Waals surface area contributed by atoms with E-state index in [4.69, 9.17) is 23.2 Å². The van der Waals surface area contributed by atoms with E-state index in [-0.39, 0.29) is 0 Å². The largest absolute Gasteiger partial charge is 0.330 e. The van der Waals surface area contributed by atoms with Gasteiger partial charge in [0.1, 0.15) is 0 Å². The molecule has 1 aromatic heterocycles. The van der Waals surface area contributed by atoms with Crippen LogP contribution in [-0.2, 0) is 0 Å². The van der Waals surface area contributed by atoms with Crippen LogP contribution in [0.2, 0.25) is 10.0 Å². The van der Waals surface area contributed by atoms with Crippen molar-refractivity contribution < 1.29 is 0 Å². The van der Waals surface area contributed by atoms with Gasteiger partial charge in [-0.3, -0.25) is 10.3 Å². The fraction of sp³-hybridized carbons (Fsp3) is 0. The SMILES string of the molecule is Clc1ccc(-c2nnn[n-]2)cc1Cl. The van der Waals surface area contributed by atoms with Crippen LogP contribution in [0.15, 0.2) is 18.2 Å². The summed E-state index contributed by atoms with van der Waals surface area (Å²) in [6.45, 7) is 0. The molecule has 0 aliphatic heterocycles. The average molecular weight is 214 g/mol. The Bertz CT molecular complexity index is 412. The third-order valence-electron chi connectivity index (χ3n) is 1.50. The molecule has 0 aliphatic carbocycles. The van der Waals surface area contributed by atoms with Gasteiger partial charge < -0.3 is 5.10 Å². The van der Waals surface area contributed by atoms with Crippen LogP contribution in [0, 0.1) is 0 Å². The highest BCUT2D eigenvalue weighted by atomic mass is 35.5. The van der Waals surface area contributed by atoms with Crippen LogP contribution in [0.3, 0.4) is 0 Å². The van der Waals surface area contributed by atoms with Crippen molar-refractivity contribution in [2.75, 3.05) is 0 Å². The third kappa shape index (κ3) is 1.64. The number of hydrogen-bond acceptors (Lipinski definition) is 3. The van der Waals surface area contributed by atoms with Crippen LogP contribution < -0.4 is 5.10 Å². The van der Waals surface area contributed by atoms with Gasteiger partial charge in [0.15, 0.2) is 0 Å². The topological polar surface area (TPSA) is 52.8 Å². The summed E-state index contributed by atoms with van der Waals surface area (Å²) in [6, 6.07) is 5.10. The van der Waals surface area contributed by atoms with Crippen LogP contribution in [0.25, 0.3) is 11.4 Å². The molecule has 4 nitrogen and oxygen atoms in total. The Kier molecular flexibility index (Phi) is 2.16. The molecule has 0 saturated heterocycles. The molecule has 0 spiro atoms. The Hall–Kier alpha value is -1.13. The first-order valence-corrected chi connectivity index (χ1v) is 4.17. The number of benzene rings is 1. The molecule has 0 amide bonds. The molecule has 2 aromatic rings. The van der Waals surface area contributed by atoms with Crippen LogP contribution in [-0.4, -0.2) is 15.5 Å². The van der Waals surface area contributed by atoms with Gasteiger partial charge in [0, 0.05) is 5.82 Å². The van der Waals surface area contributed by atoms with E-state index in [0.29, 0.717) is 15.9 Å². The molecule has 1 aromatic carbocycles. The molecule has 0 bridgehead atoms. The van der Waals surface area contributed by atoms with Gasteiger partial charge in [-0.15, -0.1) is 0 Å². The van der Waals surface area contributed by atoms with Crippen molar-refractivity contribution >= 4 is 23.2 Å². The summed E-state index contributed by atoms with van der Waals surface area (Å²) in [7, 11) is 0. The van der Waals surface area contributed by atoms with Gasteiger partial charge >= 0.3 is 0 Å². The zero-order valence-electron chi connectivity index (χ0n) is 6.28. The normalized spacial score (nSPS) is 10.3. The highest BCUT2D eigenvalue weighted by Gasteiger charge is 1.99. The second kappa shape index (κ2) is 3.32. The van der Waals surface area contributed by atoms with E-state index in [2.05, 4.69) is 20.6 Å². The lowest BCUT2D eigenvalue weighted by Gasteiger charge is -2.01. The summed E-state index contributed by atoms with van der Waals surface area (Å²) in [5.41, 5.74) is 0.749. The molecule has 13 heavy (non-hydrogen) atoms. The van der Waals surface area contributed by atoms with Crippen molar-refractivity contribution in [1.29, 1.82) is 0 Å². The number of halogens is 2. The first kappa shape index (κ1) is 8.47. The smallest absolute Gasteiger partial charge is 0.0598 e. The fourth-order valence-corrected chi connectivity index (χ4v) is 1.19. The third-order valence-corrected chi connectivity index (χ3v) is 2.24. The molecule has 66 valence electrons. The molecule has 0 fully saturated rings. The molecule has 0 N–H and O–H groups in total. The summed E-state index contributed by atoms with van der Waals surface area (Å²) in [4.78, 5) is 0. The number of rotatable bonds is 1. The summed E-state index contributed by atoms with van der Waals surface area (Å²) in [6.07, 6.45) is 0. The van der Waals surface area contributed by atoms with Crippen LogP contribution in [0.4, 0.5) is 0 Å². The monoisotopic (exact) mass is 213 g/mol. The predicted molar refractivity (Wildman–Crippen MR) is 48.6 cm³/mol. The lowest BCUT2D eigenvalue weighted by Crippen LogP contribution is -1.83. The van der Waals surface area contributed by atoms with Crippen molar-refractivity contribution in [2.45, 2.75) is 0 Å². The summed E-state index contributed by atoms with van der Waals surface area (Å²) in [5.74, 6) is 0.443. The van der Waals surface area contributed by atoms with Crippen molar-refractivity contribution in [2.24, 2.45) is 0 Å². The van der Waals surface area contributed by atoms with E-state index in [1.54, 1.807) is 18.2 Å². The van der Waals surface area contributed by atoms with E-state index in [0.717, 1.165) is 5.56 Å². The second-order valence-corrected chi connectivity index (χ2v) is 3.15. The van der Waals surface area contributed by atoms with Gasteiger partial charge in [-0.05, 0) is 17.7 Å². The molecule has 0 atom stereocenters. The van der Waals surface area contributed by atoms with E-state index >= 15 is 0 Å². The highest BCUT2D eigenvalue weighted by Crippen LogP contribution is 2.25. The highest BCUT2D eigenvalue weighted by molar-refractivity contribution is 6.42. The Morgan fingerprint density at radius 3 is 2.62 bits per heavy atom. The first-order chi connectivity index (χ1) is 6.27. The second-order valence-electron chi connectivity index (χ2n) is 2.33. The van der Waals surface area contributed by atoms with Crippen LogP contribution in [0.1, 0.15) is 0 Å². The Morgan fingerprint density at radius 2 is 2.00 bits per heavy atom. The van der Waals surface area contributed by atoms with E-state index in [1.807, 2.05) is 0 Å². The Labute approximate surface area is 83.9 Å². The quantitative estimate of drug-likeness (QED) is 0.726. The number of nitrogens with zero attached hydrogens (tertiary/aromatic N) is 4. The summed E-state index contributed by atoms with van der Waals surface area (Å²) in [5, 5.41) is 15.1. The maximum absolute atomic E-state index is 5.80. The number of aromatic nitrogens is 4. The van der Waals surface area contributed by atoms with Gasteiger partial charge in [0.25, 0.3) is 0 Å². The zero-order chi connectivity index (χ0) is 9.26. The van der Waals surface area contributed by atoms with Crippen molar-refractivity contribution in [3.05, 3.63) is 28.2 Å². The van der Waals surface area contributed by atoms with Gasteiger partial charge in [-0.2, -0.15) is 5.21 Å². The standard InChI is InChI=1S/C7H3Cl2N4/c8-5-2-1-4(3-6(5)9)7-10-12-13-11-7/h1-3H/q-1. The fourth-order valence-electron chi connectivity index (χ4n) is 0.895. The first-order valence-electron chi connectivity index (χ1n) is 3.41. The van der Waals surface area contributed by atoms with Gasteiger partial charge in [-0.1, -0.05) is 29.3 Å². The predicted octanol–water partition coefficient (Wildman–Crippen LogP) is 1.80. The minimum absolute atomic E-state index is 0.443. The molecule has 6 heteroatoms. The molecular weight excluding hydrogens is 211 g/mol. The summed E-state index contributed by atoms with van der Waals surface area (Å²) < 4.78 is 0. The van der Waals surface area contributed by atoms with Gasteiger partial charge in [0.05, 0.1) is 10.0 Å². The maximum atomic E-state index is 5.80. The minimum atomic E-state index is 0.443. The lowest BCUT2D eigenvalue weighted by atomic mass is 10.2. The van der Waals surface area contributed by atoms with Crippen LogP contribution >= 0.6 is 23.2 Å². The lowest BCUT2D eigenvalue weighted by molar-refractivity contribution is 0.871. The van der Waals surface area contributed by atoms with Crippen LogP contribution in [0.5, 0.6) is 0 Å². The molecule has 0 radical (unpaired) electrons. The zero-order valence-corrected chi connectivity index (χ0v) is 7.79. The Morgan fingerprint density at radius 1 is 1.15 bits per heavy atom. The average Bonchev–Trinajstić information content (AvgIpc) is 2.62. The van der Waals surface area contributed by atoms with Gasteiger partial charge in [-0.25, -0.2) is 0 Å². The molecule has 0 aliphatic rings. The van der Waals surface area contributed by atoms with Gasteiger partial charge in [0.2, 0.25) is 0 Å². The van der Waals surface area contributed by atoms with Crippen molar-refractivity contribution in [1.82, 2.24) is 20.6 Å². The van der Waals surface area contributed by atoms with E-state index in [1.165, 1.54) is 0 Å². The van der Waals surface area contributed by atoms with Crippen molar-refractivity contribution in [3.63, 3.8) is 0 Å². The Balaban J connectivity index is 2.49. The van der Waals surface area contributed by atoms with E-state index in [9.17, 15) is 0 Å². The molecular formula is C7H3Cl2N4-. The molecule has 1 heterocycles. The molecule has 0 saturated carbocycles.